The highest BCUT2D eigenvalue weighted by Crippen LogP contribution is 2.30. The second-order valence-corrected chi connectivity index (χ2v) is 6.24. The van der Waals surface area contributed by atoms with Crippen molar-refractivity contribution >= 4 is 17.4 Å². The van der Waals surface area contributed by atoms with Crippen LogP contribution in [0.2, 0.25) is 5.15 Å². The van der Waals surface area contributed by atoms with Crippen molar-refractivity contribution in [3.05, 3.63) is 23.4 Å². The fourth-order valence-electron chi connectivity index (χ4n) is 3.00. The average Bonchev–Trinajstić information content (AvgIpc) is 2.28. The number of halogens is 1. The summed E-state index contributed by atoms with van der Waals surface area (Å²) >= 11 is 5.91. The zero-order valence-electron chi connectivity index (χ0n) is 11.3. The zero-order valence-corrected chi connectivity index (χ0v) is 12.1. The predicted octanol–water partition coefficient (Wildman–Crippen LogP) is 4.75. The van der Waals surface area contributed by atoms with Crippen LogP contribution in [0, 0.1) is 11.8 Å². The van der Waals surface area contributed by atoms with Crippen molar-refractivity contribution in [2.75, 3.05) is 5.32 Å². The Morgan fingerprint density at radius 1 is 1.39 bits per heavy atom. The van der Waals surface area contributed by atoms with E-state index in [9.17, 15) is 0 Å². The summed E-state index contributed by atoms with van der Waals surface area (Å²) in [6.45, 7) is 4.63. The number of pyridine rings is 1. The lowest BCUT2D eigenvalue weighted by molar-refractivity contribution is 0.289. The van der Waals surface area contributed by atoms with Gasteiger partial charge >= 0.3 is 0 Å². The first-order valence-corrected chi connectivity index (χ1v) is 7.40. The van der Waals surface area contributed by atoms with Gasteiger partial charge in [-0.25, -0.2) is 4.98 Å². The van der Waals surface area contributed by atoms with E-state index in [-0.39, 0.29) is 0 Å². The first-order chi connectivity index (χ1) is 8.63. The van der Waals surface area contributed by atoms with E-state index in [0.29, 0.717) is 11.2 Å². The molecule has 1 aliphatic rings. The highest BCUT2D eigenvalue weighted by molar-refractivity contribution is 6.29. The largest absolute Gasteiger partial charge is 0.367 e. The van der Waals surface area contributed by atoms with Gasteiger partial charge in [0.05, 0.1) is 0 Å². The lowest BCUT2D eigenvalue weighted by atomic mass is 9.81. The summed E-state index contributed by atoms with van der Waals surface area (Å²) in [5.41, 5.74) is 0. The van der Waals surface area contributed by atoms with Crippen LogP contribution in [-0.2, 0) is 0 Å². The van der Waals surface area contributed by atoms with Crippen LogP contribution in [-0.4, -0.2) is 11.0 Å². The molecule has 1 heterocycles. The maximum absolute atomic E-state index is 5.91. The molecule has 0 amide bonds. The van der Waals surface area contributed by atoms with Crippen LogP contribution in [0.3, 0.4) is 0 Å². The Balaban J connectivity index is 1.89. The third kappa shape index (κ3) is 4.16. The summed E-state index contributed by atoms with van der Waals surface area (Å²) in [5.74, 6) is 2.59. The molecule has 100 valence electrons. The molecule has 2 nitrogen and oxygen atoms in total. The molecule has 1 aromatic heterocycles. The lowest BCUT2D eigenvalue weighted by Crippen LogP contribution is -2.28. The van der Waals surface area contributed by atoms with Crippen LogP contribution in [0.25, 0.3) is 0 Å². The van der Waals surface area contributed by atoms with Crippen molar-refractivity contribution in [1.82, 2.24) is 4.98 Å². The number of hydrogen-bond donors (Lipinski definition) is 1. The van der Waals surface area contributed by atoms with Crippen LogP contribution in [0.4, 0.5) is 5.82 Å². The molecule has 0 bridgehead atoms. The molecule has 18 heavy (non-hydrogen) atoms. The van der Waals surface area contributed by atoms with E-state index in [2.05, 4.69) is 24.1 Å². The summed E-state index contributed by atoms with van der Waals surface area (Å²) in [7, 11) is 0. The number of anilines is 1. The summed E-state index contributed by atoms with van der Waals surface area (Å²) in [6, 6.07) is 6.33. The fraction of sp³-hybridized carbons (Fsp3) is 0.667. The van der Waals surface area contributed by atoms with Gasteiger partial charge < -0.3 is 5.32 Å². The van der Waals surface area contributed by atoms with Crippen molar-refractivity contribution in [2.24, 2.45) is 11.8 Å². The SMILES string of the molecule is CC(C)CC1CCCC(Nc2cccc(Cl)n2)C1. The standard InChI is InChI=1S/C15H23ClN2/c1-11(2)9-12-5-3-6-13(10-12)17-15-8-4-7-14(16)18-15/h4,7-8,11-13H,3,5-6,9-10H2,1-2H3,(H,17,18). The lowest BCUT2D eigenvalue weighted by Gasteiger charge is -2.31. The highest BCUT2D eigenvalue weighted by Gasteiger charge is 2.22. The molecule has 3 heteroatoms. The van der Waals surface area contributed by atoms with Gasteiger partial charge in [0.1, 0.15) is 11.0 Å². The molecule has 2 atom stereocenters. The van der Waals surface area contributed by atoms with Gasteiger partial charge in [0.2, 0.25) is 0 Å². The zero-order chi connectivity index (χ0) is 13.0. The smallest absolute Gasteiger partial charge is 0.131 e. The van der Waals surface area contributed by atoms with E-state index in [1.165, 1.54) is 32.1 Å². The van der Waals surface area contributed by atoms with E-state index in [0.717, 1.165) is 17.7 Å². The van der Waals surface area contributed by atoms with Crippen LogP contribution in [0.15, 0.2) is 18.2 Å². The Hall–Kier alpha value is -0.760. The van der Waals surface area contributed by atoms with E-state index < -0.39 is 0 Å². The van der Waals surface area contributed by atoms with Crippen molar-refractivity contribution in [2.45, 2.75) is 52.0 Å². The monoisotopic (exact) mass is 266 g/mol. The number of nitrogens with one attached hydrogen (secondary N) is 1. The van der Waals surface area contributed by atoms with E-state index in [4.69, 9.17) is 11.6 Å². The minimum absolute atomic E-state index is 0.563. The molecule has 1 aromatic rings. The Bertz CT molecular complexity index is 379. The molecular weight excluding hydrogens is 244 g/mol. The van der Waals surface area contributed by atoms with Crippen molar-refractivity contribution < 1.29 is 0 Å². The van der Waals surface area contributed by atoms with Gasteiger partial charge in [-0.15, -0.1) is 0 Å². The third-order valence-corrected chi connectivity index (χ3v) is 3.87. The number of aromatic nitrogens is 1. The summed E-state index contributed by atoms with van der Waals surface area (Å²) < 4.78 is 0. The molecule has 1 saturated carbocycles. The molecule has 2 unspecified atom stereocenters. The molecule has 0 spiro atoms. The average molecular weight is 267 g/mol. The maximum atomic E-state index is 5.91. The number of nitrogens with zero attached hydrogens (tertiary/aromatic N) is 1. The minimum atomic E-state index is 0.563. The van der Waals surface area contributed by atoms with Crippen LogP contribution in [0.5, 0.6) is 0 Å². The Morgan fingerprint density at radius 3 is 2.94 bits per heavy atom. The van der Waals surface area contributed by atoms with Gasteiger partial charge in [-0.05, 0) is 43.2 Å². The summed E-state index contributed by atoms with van der Waals surface area (Å²) in [5, 5.41) is 4.09. The summed E-state index contributed by atoms with van der Waals surface area (Å²) in [4.78, 5) is 4.31. The highest BCUT2D eigenvalue weighted by atomic mass is 35.5. The van der Waals surface area contributed by atoms with Gasteiger partial charge in [0.25, 0.3) is 0 Å². The van der Waals surface area contributed by atoms with Crippen molar-refractivity contribution in [3.8, 4) is 0 Å². The first kappa shape index (κ1) is 13.7. The Morgan fingerprint density at radius 2 is 2.22 bits per heavy atom. The van der Waals surface area contributed by atoms with Crippen molar-refractivity contribution in [1.29, 1.82) is 0 Å². The Labute approximate surface area is 115 Å². The van der Waals surface area contributed by atoms with E-state index in [1.807, 2.05) is 18.2 Å². The van der Waals surface area contributed by atoms with E-state index in [1.54, 1.807) is 0 Å². The maximum Gasteiger partial charge on any atom is 0.131 e. The molecular formula is C15H23ClN2. The molecule has 2 rings (SSSR count). The molecule has 1 aliphatic carbocycles. The second kappa shape index (κ2) is 6.42. The molecule has 0 aromatic carbocycles. The van der Waals surface area contributed by atoms with Gasteiger partial charge in [-0.1, -0.05) is 44.4 Å². The molecule has 0 radical (unpaired) electrons. The molecule has 0 saturated heterocycles. The van der Waals surface area contributed by atoms with Gasteiger partial charge in [-0.3, -0.25) is 0 Å². The second-order valence-electron chi connectivity index (χ2n) is 5.85. The first-order valence-electron chi connectivity index (χ1n) is 7.02. The summed E-state index contributed by atoms with van der Waals surface area (Å²) in [6.07, 6.45) is 6.59. The molecule has 1 fully saturated rings. The molecule has 0 aliphatic heterocycles. The van der Waals surface area contributed by atoms with E-state index >= 15 is 0 Å². The van der Waals surface area contributed by atoms with Gasteiger partial charge in [-0.2, -0.15) is 0 Å². The van der Waals surface area contributed by atoms with Crippen LogP contribution >= 0.6 is 11.6 Å². The molecule has 1 N–H and O–H groups in total. The topological polar surface area (TPSA) is 24.9 Å². The number of hydrogen-bond acceptors (Lipinski definition) is 2. The van der Waals surface area contributed by atoms with Gasteiger partial charge in [0.15, 0.2) is 0 Å². The quantitative estimate of drug-likeness (QED) is 0.796. The predicted molar refractivity (Wildman–Crippen MR) is 78.1 cm³/mol. The normalized spacial score (nSPS) is 24.2. The van der Waals surface area contributed by atoms with Crippen LogP contribution in [0.1, 0.15) is 46.0 Å². The third-order valence-electron chi connectivity index (χ3n) is 3.65. The van der Waals surface area contributed by atoms with Crippen molar-refractivity contribution in [3.63, 3.8) is 0 Å². The number of rotatable bonds is 4. The fourth-order valence-corrected chi connectivity index (χ4v) is 3.16. The van der Waals surface area contributed by atoms with Crippen LogP contribution < -0.4 is 5.32 Å². The Kier molecular flexibility index (Phi) is 4.87. The minimum Gasteiger partial charge on any atom is -0.367 e. The van der Waals surface area contributed by atoms with Gasteiger partial charge in [0, 0.05) is 6.04 Å².